The van der Waals surface area contributed by atoms with Crippen molar-refractivity contribution in [3.63, 3.8) is 0 Å². The van der Waals surface area contributed by atoms with Gasteiger partial charge < -0.3 is 4.74 Å². The molecule has 0 aliphatic heterocycles. The molecule has 0 fully saturated rings. The normalized spacial score (nSPS) is 12.7. The first-order valence-electron chi connectivity index (χ1n) is 6.42. The molecule has 1 atom stereocenters. The zero-order valence-electron chi connectivity index (χ0n) is 11.8. The molecule has 0 heterocycles. The van der Waals surface area contributed by atoms with E-state index in [-0.39, 0.29) is 5.56 Å². The molecule has 2 aromatic rings. The molecule has 0 saturated heterocycles. The van der Waals surface area contributed by atoms with Crippen LogP contribution in [0.15, 0.2) is 64.4 Å². The summed E-state index contributed by atoms with van der Waals surface area (Å²) in [7, 11) is -0.436. The number of benzene rings is 2. The maximum absolute atomic E-state index is 12.2. The molecule has 0 aliphatic carbocycles. The second-order valence-corrected chi connectivity index (χ2v) is 6.44. The summed E-state index contributed by atoms with van der Waals surface area (Å²) in [5.41, 5.74) is 0.168. The van der Waals surface area contributed by atoms with E-state index in [9.17, 15) is 18.0 Å². The lowest BCUT2D eigenvalue weighted by Crippen LogP contribution is -2.21. The van der Waals surface area contributed by atoms with Crippen LogP contribution in [-0.4, -0.2) is 25.0 Å². The third kappa shape index (κ3) is 4.27. The van der Waals surface area contributed by atoms with Crippen molar-refractivity contribution in [3.05, 3.63) is 60.2 Å². The maximum atomic E-state index is 12.2. The summed E-state index contributed by atoms with van der Waals surface area (Å²) in [6.07, 6.45) is -2.61. The molecule has 2 aromatic carbocycles. The van der Waals surface area contributed by atoms with Gasteiger partial charge in [0.05, 0.1) is 10.9 Å². The van der Waals surface area contributed by atoms with Gasteiger partial charge in [-0.1, -0.05) is 30.3 Å². The number of esters is 1. The first kappa shape index (κ1) is 16.4. The number of carbonyl (C=O) groups excluding carboxylic acids is 1. The zero-order valence-corrected chi connectivity index (χ0v) is 12.6. The number of alkyl halides is 3. The first-order chi connectivity index (χ1) is 10.4. The second kappa shape index (κ2) is 6.87. The molecule has 116 valence electrons. The predicted octanol–water partition coefficient (Wildman–Crippen LogP) is 4.07. The Hall–Kier alpha value is -1.95. The molecule has 0 spiro atoms. The molecule has 0 aromatic heterocycles. The van der Waals surface area contributed by atoms with Crippen molar-refractivity contribution in [1.82, 2.24) is 0 Å². The van der Waals surface area contributed by atoms with Gasteiger partial charge >= 0.3 is 12.1 Å². The monoisotopic (exact) mass is 327 g/mol. The molecule has 0 aliphatic rings. The molecule has 6 heteroatoms. The predicted molar refractivity (Wildman–Crippen MR) is 79.0 cm³/mol. The van der Waals surface area contributed by atoms with Gasteiger partial charge in [0.25, 0.3) is 0 Å². The molecule has 0 amide bonds. The Kier molecular flexibility index (Phi) is 5.13. The molecule has 0 N–H and O–H groups in total. The quantitative estimate of drug-likeness (QED) is 0.625. The Morgan fingerprint density at radius 3 is 2.27 bits per heavy atom. The molecule has 22 heavy (non-hydrogen) atoms. The third-order valence-corrected chi connectivity index (χ3v) is 4.90. The highest BCUT2D eigenvalue weighted by atomic mass is 32.2. The molecule has 1 unspecified atom stereocenters. The number of halogens is 3. The highest BCUT2D eigenvalue weighted by molar-refractivity contribution is 7.96. The smallest absolute Gasteiger partial charge is 0.422 e. The molecule has 0 bridgehead atoms. The van der Waals surface area contributed by atoms with Crippen molar-refractivity contribution >= 4 is 16.9 Å². The molecular weight excluding hydrogens is 313 g/mol. The van der Waals surface area contributed by atoms with Gasteiger partial charge in [-0.3, -0.25) is 0 Å². The van der Waals surface area contributed by atoms with E-state index in [0.29, 0.717) is 4.90 Å². The van der Waals surface area contributed by atoms with Gasteiger partial charge in [-0.2, -0.15) is 13.2 Å². The van der Waals surface area contributed by atoms with Crippen molar-refractivity contribution in [3.8, 4) is 0 Å². The van der Waals surface area contributed by atoms with Crippen LogP contribution in [0.4, 0.5) is 13.2 Å². The molecule has 2 rings (SSSR count). The van der Waals surface area contributed by atoms with Crippen molar-refractivity contribution in [2.75, 3.05) is 12.9 Å². The molecule has 2 nitrogen and oxygen atoms in total. The molecular formula is C16H14F3O2S+. The Bertz CT molecular complexity index is 641. The topological polar surface area (TPSA) is 26.3 Å². The van der Waals surface area contributed by atoms with Crippen LogP contribution in [0.3, 0.4) is 0 Å². The van der Waals surface area contributed by atoms with Gasteiger partial charge in [0.15, 0.2) is 16.4 Å². The average Bonchev–Trinajstić information content (AvgIpc) is 2.52. The second-order valence-electron chi connectivity index (χ2n) is 4.51. The maximum Gasteiger partial charge on any atom is 0.422 e. The lowest BCUT2D eigenvalue weighted by atomic mass is 10.2. The number of hydrogen-bond donors (Lipinski definition) is 0. The standard InChI is InChI=1S/C16H14F3O2S/c1-22(12-7-3-2-4-8-12)14-10-6-5-9-13(14)15(20)21-11-16(17,18)19/h2-10H,11H2,1H3/q+1. The fourth-order valence-corrected chi connectivity index (χ4v) is 3.46. The van der Waals surface area contributed by atoms with E-state index in [4.69, 9.17) is 0 Å². The van der Waals surface area contributed by atoms with Crippen LogP contribution in [0.5, 0.6) is 0 Å². The summed E-state index contributed by atoms with van der Waals surface area (Å²) < 4.78 is 40.9. The van der Waals surface area contributed by atoms with Crippen molar-refractivity contribution in [1.29, 1.82) is 0 Å². The highest BCUT2D eigenvalue weighted by Gasteiger charge is 2.32. The Labute approximate surface area is 129 Å². The summed E-state index contributed by atoms with van der Waals surface area (Å²) in [5, 5.41) is 0. The minimum atomic E-state index is -4.53. The van der Waals surface area contributed by atoms with Crippen molar-refractivity contribution in [2.45, 2.75) is 16.0 Å². The van der Waals surface area contributed by atoms with E-state index >= 15 is 0 Å². The van der Waals surface area contributed by atoms with Crippen molar-refractivity contribution < 1.29 is 22.7 Å². The van der Waals surface area contributed by atoms with Crippen LogP contribution in [0.2, 0.25) is 0 Å². The summed E-state index contributed by atoms with van der Waals surface area (Å²) in [4.78, 5) is 13.6. The summed E-state index contributed by atoms with van der Waals surface area (Å²) >= 11 is 0. The molecule has 0 radical (unpaired) electrons. The van der Waals surface area contributed by atoms with Gasteiger partial charge in [-0.15, -0.1) is 0 Å². The van der Waals surface area contributed by atoms with E-state index in [1.54, 1.807) is 18.2 Å². The summed E-state index contributed by atoms with van der Waals surface area (Å²) in [6.45, 7) is -1.58. The molecule has 0 saturated carbocycles. The lowest BCUT2D eigenvalue weighted by molar-refractivity contribution is -0.161. The van der Waals surface area contributed by atoms with E-state index < -0.39 is 29.6 Å². The Morgan fingerprint density at radius 2 is 1.64 bits per heavy atom. The van der Waals surface area contributed by atoms with Gasteiger partial charge in [0, 0.05) is 0 Å². The zero-order chi connectivity index (χ0) is 16.2. The van der Waals surface area contributed by atoms with Crippen LogP contribution >= 0.6 is 0 Å². The summed E-state index contributed by atoms with van der Waals surface area (Å²) in [5.74, 6) is -0.955. The van der Waals surface area contributed by atoms with E-state index in [2.05, 4.69) is 4.74 Å². The number of hydrogen-bond acceptors (Lipinski definition) is 2. The van der Waals surface area contributed by atoms with Gasteiger partial charge in [0.1, 0.15) is 11.8 Å². The van der Waals surface area contributed by atoms with E-state index in [0.717, 1.165) is 4.90 Å². The minimum absolute atomic E-state index is 0.168. The summed E-state index contributed by atoms with van der Waals surface area (Å²) in [6, 6.07) is 16.1. The average molecular weight is 327 g/mol. The van der Waals surface area contributed by atoms with Gasteiger partial charge in [0.2, 0.25) is 0 Å². The number of rotatable bonds is 4. The van der Waals surface area contributed by atoms with Crippen LogP contribution in [0.1, 0.15) is 10.4 Å². The highest BCUT2D eigenvalue weighted by Crippen LogP contribution is 2.25. The fraction of sp³-hybridized carbons (Fsp3) is 0.188. The van der Waals surface area contributed by atoms with Crippen LogP contribution in [0.25, 0.3) is 0 Å². The largest absolute Gasteiger partial charge is 0.452 e. The lowest BCUT2D eigenvalue weighted by Gasteiger charge is -2.10. The fourth-order valence-electron chi connectivity index (χ4n) is 1.88. The van der Waals surface area contributed by atoms with E-state index in [1.807, 2.05) is 36.6 Å². The SMILES string of the molecule is C[S+](c1ccccc1)c1ccccc1C(=O)OCC(F)(F)F. The number of carbonyl (C=O) groups is 1. The van der Waals surface area contributed by atoms with Crippen LogP contribution in [-0.2, 0) is 15.6 Å². The van der Waals surface area contributed by atoms with Crippen LogP contribution in [0, 0.1) is 0 Å². The Balaban J connectivity index is 2.25. The van der Waals surface area contributed by atoms with E-state index in [1.165, 1.54) is 6.07 Å². The third-order valence-electron chi connectivity index (χ3n) is 2.90. The van der Waals surface area contributed by atoms with Crippen molar-refractivity contribution in [2.24, 2.45) is 0 Å². The van der Waals surface area contributed by atoms with Crippen LogP contribution < -0.4 is 0 Å². The number of ether oxygens (including phenoxy) is 1. The minimum Gasteiger partial charge on any atom is -0.452 e. The first-order valence-corrected chi connectivity index (χ1v) is 8.05. The van der Waals surface area contributed by atoms with Gasteiger partial charge in [-0.05, 0) is 24.3 Å². The Morgan fingerprint density at radius 1 is 1.05 bits per heavy atom. The van der Waals surface area contributed by atoms with Gasteiger partial charge in [-0.25, -0.2) is 4.79 Å².